The third kappa shape index (κ3) is 4.64. The highest BCUT2D eigenvalue weighted by molar-refractivity contribution is 7.10. The minimum Gasteiger partial charge on any atom is -0.385 e. The van der Waals surface area contributed by atoms with Gasteiger partial charge in [0.25, 0.3) is 0 Å². The van der Waals surface area contributed by atoms with Crippen molar-refractivity contribution in [2.24, 2.45) is 5.41 Å². The van der Waals surface area contributed by atoms with Crippen LogP contribution < -0.4 is 5.32 Å². The number of rotatable bonds is 7. The molecule has 1 unspecified atom stereocenters. The summed E-state index contributed by atoms with van der Waals surface area (Å²) in [6.45, 7) is 8.63. The number of nitrogens with one attached hydrogen (secondary N) is 1. The van der Waals surface area contributed by atoms with Crippen LogP contribution in [0.1, 0.15) is 38.1 Å². The molecule has 1 heterocycles. The molecule has 0 radical (unpaired) electrons. The van der Waals surface area contributed by atoms with E-state index < -0.39 is 0 Å². The fraction of sp³-hybridized carbons (Fsp3) is 0.692. The van der Waals surface area contributed by atoms with Crippen molar-refractivity contribution in [3.63, 3.8) is 0 Å². The number of methoxy groups -OCH3 is 1. The Kier molecular flexibility index (Phi) is 5.46. The SMILES string of the molecule is COCCC(C)(C)CNC(C)c1cccs1. The first-order chi connectivity index (χ1) is 7.55. The standard InChI is InChI=1S/C13H23NOS/c1-11(12-6-5-9-16-12)14-10-13(2,3)7-8-15-4/h5-6,9,11,14H,7-8,10H2,1-4H3. The molecule has 1 aromatic heterocycles. The van der Waals surface area contributed by atoms with E-state index >= 15 is 0 Å². The Morgan fingerprint density at radius 3 is 2.81 bits per heavy atom. The van der Waals surface area contributed by atoms with Gasteiger partial charge in [-0.2, -0.15) is 0 Å². The van der Waals surface area contributed by atoms with Gasteiger partial charge in [-0.05, 0) is 30.2 Å². The molecule has 0 saturated carbocycles. The van der Waals surface area contributed by atoms with Crippen LogP contribution in [0.3, 0.4) is 0 Å². The first kappa shape index (κ1) is 13.7. The first-order valence-electron chi connectivity index (χ1n) is 5.81. The lowest BCUT2D eigenvalue weighted by atomic mass is 9.89. The molecule has 1 N–H and O–H groups in total. The van der Waals surface area contributed by atoms with Crippen LogP contribution in [-0.4, -0.2) is 20.3 Å². The van der Waals surface area contributed by atoms with Crippen LogP contribution >= 0.6 is 11.3 Å². The van der Waals surface area contributed by atoms with E-state index in [-0.39, 0.29) is 0 Å². The van der Waals surface area contributed by atoms with Crippen molar-refractivity contribution in [2.75, 3.05) is 20.3 Å². The Labute approximate surface area is 103 Å². The van der Waals surface area contributed by atoms with Crippen LogP contribution in [0.2, 0.25) is 0 Å². The van der Waals surface area contributed by atoms with E-state index in [1.165, 1.54) is 4.88 Å². The summed E-state index contributed by atoms with van der Waals surface area (Å²) in [6.07, 6.45) is 1.09. The Morgan fingerprint density at radius 1 is 1.50 bits per heavy atom. The Morgan fingerprint density at radius 2 is 2.25 bits per heavy atom. The average Bonchev–Trinajstić information content (AvgIpc) is 2.77. The largest absolute Gasteiger partial charge is 0.385 e. The minimum absolute atomic E-state index is 0.293. The summed E-state index contributed by atoms with van der Waals surface area (Å²) in [4.78, 5) is 1.41. The third-order valence-corrected chi connectivity index (χ3v) is 3.89. The van der Waals surface area contributed by atoms with Crippen molar-refractivity contribution >= 4 is 11.3 Å². The van der Waals surface area contributed by atoms with Gasteiger partial charge in [0.15, 0.2) is 0 Å². The summed E-state index contributed by atoms with van der Waals surface area (Å²) in [5.74, 6) is 0. The molecule has 0 aliphatic heterocycles. The fourth-order valence-electron chi connectivity index (χ4n) is 1.53. The van der Waals surface area contributed by atoms with Crippen LogP contribution in [0.15, 0.2) is 17.5 Å². The van der Waals surface area contributed by atoms with Crippen LogP contribution in [-0.2, 0) is 4.74 Å². The Hall–Kier alpha value is -0.380. The molecular formula is C13H23NOS. The van der Waals surface area contributed by atoms with Crippen LogP contribution in [0.25, 0.3) is 0 Å². The number of ether oxygens (including phenoxy) is 1. The van der Waals surface area contributed by atoms with Gasteiger partial charge in [-0.15, -0.1) is 11.3 Å². The van der Waals surface area contributed by atoms with Gasteiger partial charge in [0, 0.05) is 31.2 Å². The molecule has 3 heteroatoms. The predicted octanol–water partition coefficient (Wildman–Crippen LogP) is 3.46. The molecule has 0 spiro atoms. The summed E-state index contributed by atoms with van der Waals surface area (Å²) >= 11 is 1.81. The van der Waals surface area contributed by atoms with E-state index in [1.807, 2.05) is 11.3 Å². The van der Waals surface area contributed by atoms with E-state index in [9.17, 15) is 0 Å². The number of hydrogen-bond acceptors (Lipinski definition) is 3. The van der Waals surface area contributed by atoms with Crippen molar-refractivity contribution in [2.45, 2.75) is 33.2 Å². The predicted molar refractivity (Wildman–Crippen MR) is 71.0 cm³/mol. The van der Waals surface area contributed by atoms with E-state index in [0.717, 1.165) is 19.6 Å². The lowest BCUT2D eigenvalue weighted by Gasteiger charge is -2.26. The van der Waals surface area contributed by atoms with E-state index in [0.29, 0.717) is 11.5 Å². The van der Waals surface area contributed by atoms with Gasteiger partial charge >= 0.3 is 0 Å². The highest BCUT2D eigenvalue weighted by Crippen LogP contribution is 2.22. The van der Waals surface area contributed by atoms with Gasteiger partial charge in [0.05, 0.1) is 0 Å². The first-order valence-corrected chi connectivity index (χ1v) is 6.69. The quantitative estimate of drug-likeness (QED) is 0.789. The second-order valence-electron chi connectivity index (χ2n) is 5.03. The second kappa shape index (κ2) is 6.38. The van der Waals surface area contributed by atoms with E-state index in [2.05, 4.69) is 43.6 Å². The molecule has 1 atom stereocenters. The second-order valence-corrected chi connectivity index (χ2v) is 6.00. The minimum atomic E-state index is 0.293. The molecule has 0 aromatic carbocycles. The normalized spacial score (nSPS) is 14.0. The molecule has 0 fully saturated rings. The van der Waals surface area contributed by atoms with Gasteiger partial charge in [0.1, 0.15) is 0 Å². The molecule has 92 valence electrons. The van der Waals surface area contributed by atoms with E-state index in [1.54, 1.807) is 7.11 Å². The van der Waals surface area contributed by atoms with Gasteiger partial charge in [-0.3, -0.25) is 0 Å². The lowest BCUT2D eigenvalue weighted by Crippen LogP contribution is -2.31. The molecule has 0 bridgehead atoms. The fourth-order valence-corrected chi connectivity index (χ4v) is 2.29. The Bertz CT molecular complexity index is 282. The maximum absolute atomic E-state index is 5.13. The Balaban J connectivity index is 2.33. The van der Waals surface area contributed by atoms with Crippen molar-refractivity contribution in [3.05, 3.63) is 22.4 Å². The lowest BCUT2D eigenvalue weighted by molar-refractivity contribution is 0.149. The highest BCUT2D eigenvalue weighted by atomic mass is 32.1. The zero-order valence-electron chi connectivity index (χ0n) is 10.7. The summed E-state index contributed by atoms with van der Waals surface area (Å²) < 4.78 is 5.13. The maximum Gasteiger partial charge on any atom is 0.0467 e. The van der Waals surface area contributed by atoms with Gasteiger partial charge in [-0.25, -0.2) is 0 Å². The smallest absolute Gasteiger partial charge is 0.0467 e. The van der Waals surface area contributed by atoms with Crippen molar-refractivity contribution in [1.29, 1.82) is 0 Å². The topological polar surface area (TPSA) is 21.3 Å². The van der Waals surface area contributed by atoms with Gasteiger partial charge in [0.2, 0.25) is 0 Å². The van der Waals surface area contributed by atoms with E-state index in [4.69, 9.17) is 4.74 Å². The molecule has 16 heavy (non-hydrogen) atoms. The van der Waals surface area contributed by atoms with Crippen LogP contribution in [0.4, 0.5) is 0 Å². The van der Waals surface area contributed by atoms with Crippen molar-refractivity contribution in [3.8, 4) is 0 Å². The summed E-state index contributed by atoms with van der Waals surface area (Å²) in [5, 5.41) is 5.72. The van der Waals surface area contributed by atoms with Crippen molar-refractivity contribution < 1.29 is 4.74 Å². The third-order valence-electron chi connectivity index (χ3n) is 2.84. The molecule has 0 saturated heterocycles. The molecular weight excluding hydrogens is 218 g/mol. The molecule has 1 aromatic rings. The van der Waals surface area contributed by atoms with Crippen LogP contribution in [0, 0.1) is 5.41 Å². The zero-order valence-corrected chi connectivity index (χ0v) is 11.6. The molecule has 1 rings (SSSR count). The summed E-state index contributed by atoms with van der Waals surface area (Å²) in [7, 11) is 1.76. The summed E-state index contributed by atoms with van der Waals surface area (Å²) in [5.41, 5.74) is 0.293. The molecule has 0 aliphatic rings. The maximum atomic E-state index is 5.13. The monoisotopic (exact) mass is 241 g/mol. The highest BCUT2D eigenvalue weighted by Gasteiger charge is 2.18. The number of thiophene rings is 1. The number of hydrogen-bond donors (Lipinski definition) is 1. The molecule has 0 aliphatic carbocycles. The average molecular weight is 241 g/mol. The molecule has 2 nitrogen and oxygen atoms in total. The van der Waals surface area contributed by atoms with Gasteiger partial charge < -0.3 is 10.1 Å². The van der Waals surface area contributed by atoms with Crippen molar-refractivity contribution in [1.82, 2.24) is 5.32 Å². The molecule has 0 amide bonds. The zero-order chi connectivity index (χ0) is 12.0. The summed E-state index contributed by atoms with van der Waals surface area (Å²) in [6, 6.07) is 4.74. The van der Waals surface area contributed by atoms with Gasteiger partial charge in [-0.1, -0.05) is 19.9 Å². The van der Waals surface area contributed by atoms with Crippen LogP contribution in [0.5, 0.6) is 0 Å².